The monoisotopic (exact) mass is 384 g/mol. The van der Waals surface area contributed by atoms with Crippen LogP contribution in [0.25, 0.3) is 5.65 Å². The zero-order valence-corrected chi connectivity index (χ0v) is 16.1. The van der Waals surface area contributed by atoms with Gasteiger partial charge in [0, 0.05) is 26.2 Å². The first-order chi connectivity index (χ1) is 13.7. The number of hydrogen-bond acceptors (Lipinski definition) is 4. The average molecular weight is 384 g/mol. The third-order valence-electron chi connectivity index (χ3n) is 4.20. The van der Waals surface area contributed by atoms with Crippen molar-refractivity contribution in [3.05, 3.63) is 60.3 Å². The SMILES string of the molecule is CN=C(NCCCc1nnc2ccccn12)NCC(C)Oc1ccccc1F. The molecule has 0 saturated heterocycles. The van der Waals surface area contributed by atoms with Gasteiger partial charge in [-0.3, -0.25) is 9.39 Å². The van der Waals surface area contributed by atoms with Gasteiger partial charge >= 0.3 is 0 Å². The third kappa shape index (κ3) is 5.18. The number of aliphatic imine (C=N–C) groups is 1. The van der Waals surface area contributed by atoms with Crippen molar-refractivity contribution in [2.45, 2.75) is 25.9 Å². The van der Waals surface area contributed by atoms with Crippen LogP contribution in [0.5, 0.6) is 5.75 Å². The zero-order chi connectivity index (χ0) is 19.8. The van der Waals surface area contributed by atoms with Crippen molar-refractivity contribution in [2.75, 3.05) is 20.1 Å². The highest BCUT2D eigenvalue weighted by Gasteiger charge is 2.09. The van der Waals surface area contributed by atoms with E-state index in [2.05, 4.69) is 25.8 Å². The lowest BCUT2D eigenvalue weighted by atomic mass is 10.3. The fourth-order valence-corrected chi connectivity index (χ4v) is 2.77. The fraction of sp³-hybridized carbons (Fsp3) is 0.350. The molecule has 148 valence electrons. The Morgan fingerprint density at radius 1 is 1.18 bits per heavy atom. The second-order valence-corrected chi connectivity index (χ2v) is 6.39. The topological polar surface area (TPSA) is 75.8 Å². The predicted octanol–water partition coefficient (Wildman–Crippen LogP) is 2.43. The van der Waals surface area contributed by atoms with Gasteiger partial charge in [-0.05, 0) is 37.6 Å². The second kappa shape index (κ2) is 9.68. The normalized spacial score (nSPS) is 12.8. The summed E-state index contributed by atoms with van der Waals surface area (Å²) in [6.45, 7) is 3.12. The van der Waals surface area contributed by atoms with Crippen molar-refractivity contribution < 1.29 is 9.13 Å². The maximum absolute atomic E-state index is 13.6. The van der Waals surface area contributed by atoms with E-state index in [-0.39, 0.29) is 17.7 Å². The molecule has 1 unspecified atom stereocenters. The quantitative estimate of drug-likeness (QED) is 0.354. The molecule has 0 aliphatic carbocycles. The van der Waals surface area contributed by atoms with Gasteiger partial charge in [0.2, 0.25) is 0 Å². The molecule has 0 spiro atoms. The molecule has 0 bridgehead atoms. The maximum Gasteiger partial charge on any atom is 0.191 e. The van der Waals surface area contributed by atoms with E-state index in [1.165, 1.54) is 6.07 Å². The van der Waals surface area contributed by atoms with Crippen LogP contribution in [0.1, 0.15) is 19.2 Å². The molecular formula is C20H25FN6O. The number of ether oxygens (including phenoxy) is 1. The van der Waals surface area contributed by atoms with E-state index in [1.54, 1.807) is 25.2 Å². The summed E-state index contributed by atoms with van der Waals surface area (Å²) >= 11 is 0. The van der Waals surface area contributed by atoms with E-state index < -0.39 is 0 Å². The first-order valence-electron chi connectivity index (χ1n) is 9.31. The number of nitrogens with one attached hydrogen (secondary N) is 2. The van der Waals surface area contributed by atoms with E-state index in [4.69, 9.17) is 4.74 Å². The maximum atomic E-state index is 13.6. The van der Waals surface area contributed by atoms with Gasteiger partial charge in [0.25, 0.3) is 0 Å². The van der Waals surface area contributed by atoms with Crippen molar-refractivity contribution in [1.29, 1.82) is 0 Å². The third-order valence-corrected chi connectivity index (χ3v) is 4.20. The van der Waals surface area contributed by atoms with Crippen LogP contribution < -0.4 is 15.4 Å². The standard InChI is InChI=1S/C20H25FN6O/c1-15(28-17-9-4-3-8-16(17)21)14-24-20(22-2)23-12-7-11-19-26-25-18-10-5-6-13-27(18)19/h3-6,8-10,13,15H,7,11-12,14H2,1-2H3,(H2,22,23,24). The van der Waals surface area contributed by atoms with Crippen molar-refractivity contribution in [1.82, 2.24) is 25.2 Å². The number of hydrogen-bond donors (Lipinski definition) is 2. The van der Waals surface area contributed by atoms with Crippen molar-refractivity contribution in [3.8, 4) is 5.75 Å². The summed E-state index contributed by atoms with van der Waals surface area (Å²) in [5, 5.41) is 14.8. The first-order valence-corrected chi connectivity index (χ1v) is 9.31. The summed E-state index contributed by atoms with van der Waals surface area (Å²) in [5.74, 6) is 1.50. The number of nitrogens with zero attached hydrogens (tertiary/aromatic N) is 4. The fourth-order valence-electron chi connectivity index (χ4n) is 2.77. The molecule has 3 rings (SSSR count). The molecule has 0 fully saturated rings. The highest BCUT2D eigenvalue weighted by atomic mass is 19.1. The summed E-state index contributed by atoms with van der Waals surface area (Å²) in [6.07, 6.45) is 3.45. The number of aromatic nitrogens is 3. The zero-order valence-electron chi connectivity index (χ0n) is 16.1. The molecule has 0 amide bonds. The van der Waals surface area contributed by atoms with Gasteiger partial charge < -0.3 is 15.4 Å². The molecule has 0 saturated carbocycles. The summed E-state index contributed by atoms with van der Waals surface area (Å²) < 4.78 is 21.3. The van der Waals surface area contributed by atoms with Gasteiger partial charge in [0.1, 0.15) is 11.9 Å². The van der Waals surface area contributed by atoms with Gasteiger partial charge in [0.05, 0.1) is 6.54 Å². The minimum absolute atomic E-state index is 0.210. The number of para-hydroxylation sites is 1. The van der Waals surface area contributed by atoms with Crippen molar-refractivity contribution >= 4 is 11.6 Å². The molecular weight excluding hydrogens is 359 g/mol. The molecule has 1 aromatic carbocycles. The van der Waals surface area contributed by atoms with Crippen LogP contribution in [0.4, 0.5) is 4.39 Å². The first kappa shape index (κ1) is 19.6. The lowest BCUT2D eigenvalue weighted by Gasteiger charge is -2.18. The minimum atomic E-state index is -0.363. The Kier molecular flexibility index (Phi) is 6.78. The Labute approximate surface area is 163 Å². The highest BCUT2D eigenvalue weighted by Crippen LogP contribution is 2.16. The van der Waals surface area contributed by atoms with Crippen LogP contribution in [-0.4, -0.2) is 46.8 Å². The summed E-state index contributed by atoms with van der Waals surface area (Å²) in [6, 6.07) is 12.2. The lowest BCUT2D eigenvalue weighted by molar-refractivity contribution is 0.214. The van der Waals surface area contributed by atoms with E-state index in [0.29, 0.717) is 12.5 Å². The number of halogens is 1. The molecule has 2 N–H and O–H groups in total. The van der Waals surface area contributed by atoms with Crippen LogP contribution in [0.2, 0.25) is 0 Å². The van der Waals surface area contributed by atoms with Gasteiger partial charge in [0.15, 0.2) is 23.2 Å². The van der Waals surface area contributed by atoms with Crippen LogP contribution >= 0.6 is 0 Å². The Morgan fingerprint density at radius 2 is 2.00 bits per heavy atom. The Bertz CT molecular complexity index is 926. The molecule has 8 heteroatoms. The highest BCUT2D eigenvalue weighted by molar-refractivity contribution is 5.79. The van der Waals surface area contributed by atoms with Gasteiger partial charge in [-0.15, -0.1) is 10.2 Å². The van der Waals surface area contributed by atoms with E-state index in [0.717, 1.165) is 30.9 Å². The van der Waals surface area contributed by atoms with Gasteiger partial charge in [-0.1, -0.05) is 18.2 Å². The number of fused-ring (bicyclic) bond motifs is 1. The Balaban J connectivity index is 1.39. The Hall–Kier alpha value is -3.16. The smallest absolute Gasteiger partial charge is 0.191 e. The molecule has 0 radical (unpaired) electrons. The van der Waals surface area contributed by atoms with E-state index >= 15 is 0 Å². The van der Waals surface area contributed by atoms with Crippen LogP contribution in [0, 0.1) is 5.82 Å². The molecule has 7 nitrogen and oxygen atoms in total. The number of aryl methyl sites for hydroxylation is 1. The number of pyridine rings is 1. The molecule has 2 aromatic heterocycles. The van der Waals surface area contributed by atoms with Crippen molar-refractivity contribution in [3.63, 3.8) is 0 Å². The van der Waals surface area contributed by atoms with Crippen LogP contribution in [0.3, 0.4) is 0 Å². The molecule has 1 atom stereocenters. The summed E-state index contributed by atoms with van der Waals surface area (Å²) in [7, 11) is 1.71. The predicted molar refractivity (Wildman–Crippen MR) is 107 cm³/mol. The lowest BCUT2D eigenvalue weighted by Crippen LogP contribution is -2.42. The van der Waals surface area contributed by atoms with Crippen LogP contribution in [0.15, 0.2) is 53.7 Å². The minimum Gasteiger partial charge on any atom is -0.486 e. The molecule has 28 heavy (non-hydrogen) atoms. The molecule has 0 aliphatic rings. The second-order valence-electron chi connectivity index (χ2n) is 6.39. The Morgan fingerprint density at radius 3 is 2.82 bits per heavy atom. The number of guanidine groups is 1. The average Bonchev–Trinajstić information content (AvgIpc) is 3.12. The molecule has 2 heterocycles. The van der Waals surface area contributed by atoms with Gasteiger partial charge in [-0.25, -0.2) is 4.39 Å². The summed E-state index contributed by atoms with van der Waals surface area (Å²) in [4.78, 5) is 4.20. The summed E-state index contributed by atoms with van der Waals surface area (Å²) in [5.41, 5.74) is 0.853. The van der Waals surface area contributed by atoms with E-state index in [1.807, 2.05) is 35.7 Å². The van der Waals surface area contributed by atoms with Crippen molar-refractivity contribution in [2.24, 2.45) is 4.99 Å². The largest absolute Gasteiger partial charge is 0.486 e. The molecule has 3 aromatic rings. The van der Waals surface area contributed by atoms with Crippen LogP contribution in [-0.2, 0) is 6.42 Å². The van der Waals surface area contributed by atoms with E-state index in [9.17, 15) is 4.39 Å². The number of rotatable bonds is 8. The number of benzene rings is 1. The molecule has 0 aliphatic heterocycles. The van der Waals surface area contributed by atoms with Gasteiger partial charge in [-0.2, -0.15) is 0 Å².